The molecule has 0 aromatic carbocycles. The molecular weight excluding hydrogens is 216 g/mol. The Morgan fingerprint density at radius 2 is 1.94 bits per heavy atom. The number of nitrogens with zero attached hydrogens (tertiary/aromatic N) is 2. The molecule has 2 aliphatic rings. The number of hydrogen-bond donors (Lipinski definition) is 0. The van der Waals surface area contributed by atoms with Crippen LogP contribution in [0, 0.1) is 20.2 Å². The standard InChI is InChI=1S/C9H8N2O5/c12-9-7(10(13)14)4-5-2-1-3-6(5)8(9)11(15)16/h4,7H,1-3H2. The van der Waals surface area contributed by atoms with Gasteiger partial charge in [-0.2, -0.15) is 0 Å². The minimum absolute atomic E-state index is 0.383. The van der Waals surface area contributed by atoms with Crippen molar-refractivity contribution < 1.29 is 14.6 Å². The van der Waals surface area contributed by atoms with Crippen LogP contribution in [0.1, 0.15) is 19.3 Å². The number of carbonyl (C=O) groups excluding carboxylic acids is 1. The van der Waals surface area contributed by atoms with Gasteiger partial charge < -0.3 is 0 Å². The van der Waals surface area contributed by atoms with Gasteiger partial charge in [-0.3, -0.25) is 25.0 Å². The van der Waals surface area contributed by atoms with Gasteiger partial charge in [0.1, 0.15) is 0 Å². The Kier molecular flexibility index (Phi) is 2.30. The molecule has 84 valence electrons. The number of fused-ring (bicyclic) bond motifs is 1. The summed E-state index contributed by atoms with van der Waals surface area (Å²) in [5.41, 5.74) is 0.387. The van der Waals surface area contributed by atoms with Crippen molar-refractivity contribution in [3.63, 3.8) is 0 Å². The van der Waals surface area contributed by atoms with Crippen LogP contribution in [0.15, 0.2) is 22.9 Å². The zero-order valence-electron chi connectivity index (χ0n) is 8.21. The lowest BCUT2D eigenvalue weighted by Crippen LogP contribution is -2.34. The monoisotopic (exact) mass is 224 g/mol. The molecule has 0 amide bonds. The summed E-state index contributed by atoms with van der Waals surface area (Å²) in [6.45, 7) is 0. The van der Waals surface area contributed by atoms with Gasteiger partial charge in [0.15, 0.2) is 0 Å². The molecule has 2 rings (SSSR count). The van der Waals surface area contributed by atoms with Gasteiger partial charge in [-0.25, -0.2) is 0 Å². The molecule has 0 N–H and O–H groups in total. The first-order valence-electron chi connectivity index (χ1n) is 4.78. The first-order valence-corrected chi connectivity index (χ1v) is 4.78. The van der Waals surface area contributed by atoms with Crippen molar-refractivity contribution in [1.29, 1.82) is 0 Å². The van der Waals surface area contributed by atoms with Crippen LogP contribution in [-0.2, 0) is 4.79 Å². The molecule has 0 radical (unpaired) electrons. The predicted octanol–water partition coefficient (Wildman–Crippen LogP) is 0.855. The van der Waals surface area contributed by atoms with Crippen LogP contribution in [0.5, 0.6) is 0 Å². The van der Waals surface area contributed by atoms with E-state index in [1.807, 2.05) is 0 Å². The van der Waals surface area contributed by atoms with Crippen molar-refractivity contribution in [2.75, 3.05) is 0 Å². The maximum atomic E-state index is 11.6. The van der Waals surface area contributed by atoms with E-state index < -0.39 is 27.4 Å². The summed E-state index contributed by atoms with van der Waals surface area (Å²) in [5.74, 6) is -1.00. The fourth-order valence-electron chi connectivity index (χ4n) is 2.13. The fourth-order valence-corrected chi connectivity index (χ4v) is 2.13. The second-order valence-electron chi connectivity index (χ2n) is 3.72. The molecule has 0 heterocycles. The Morgan fingerprint density at radius 3 is 2.50 bits per heavy atom. The topological polar surface area (TPSA) is 103 Å². The van der Waals surface area contributed by atoms with Gasteiger partial charge in [-0.1, -0.05) is 0 Å². The average molecular weight is 224 g/mol. The number of hydrogen-bond acceptors (Lipinski definition) is 5. The van der Waals surface area contributed by atoms with E-state index in [-0.39, 0.29) is 0 Å². The highest BCUT2D eigenvalue weighted by Crippen LogP contribution is 2.37. The quantitative estimate of drug-likeness (QED) is 0.511. The van der Waals surface area contributed by atoms with E-state index in [1.54, 1.807) is 0 Å². The van der Waals surface area contributed by atoms with E-state index >= 15 is 0 Å². The first-order chi connectivity index (χ1) is 7.52. The Morgan fingerprint density at radius 1 is 1.25 bits per heavy atom. The Labute approximate surface area is 89.7 Å². The molecule has 0 aromatic heterocycles. The third kappa shape index (κ3) is 1.40. The van der Waals surface area contributed by atoms with Crippen LogP contribution in [0.25, 0.3) is 0 Å². The fraction of sp³-hybridized carbons (Fsp3) is 0.444. The van der Waals surface area contributed by atoms with Gasteiger partial charge in [-0.15, -0.1) is 0 Å². The zero-order valence-corrected chi connectivity index (χ0v) is 8.21. The smallest absolute Gasteiger partial charge is 0.279 e. The van der Waals surface area contributed by atoms with Gasteiger partial charge in [0.2, 0.25) is 0 Å². The van der Waals surface area contributed by atoms with E-state index in [2.05, 4.69) is 0 Å². The van der Waals surface area contributed by atoms with Gasteiger partial charge in [0.05, 0.1) is 4.92 Å². The number of nitro groups is 2. The largest absolute Gasteiger partial charge is 0.323 e. The molecular formula is C9H8N2O5. The van der Waals surface area contributed by atoms with Crippen molar-refractivity contribution >= 4 is 5.78 Å². The third-order valence-electron chi connectivity index (χ3n) is 2.82. The minimum atomic E-state index is -1.59. The van der Waals surface area contributed by atoms with Crippen LogP contribution in [0.3, 0.4) is 0 Å². The van der Waals surface area contributed by atoms with E-state index in [0.29, 0.717) is 30.4 Å². The Bertz CT molecular complexity index is 463. The highest BCUT2D eigenvalue weighted by molar-refractivity contribution is 6.00. The predicted molar refractivity (Wildman–Crippen MR) is 51.7 cm³/mol. The van der Waals surface area contributed by atoms with Crippen molar-refractivity contribution in [2.45, 2.75) is 25.3 Å². The van der Waals surface area contributed by atoms with Gasteiger partial charge in [0, 0.05) is 16.6 Å². The van der Waals surface area contributed by atoms with Crippen LogP contribution >= 0.6 is 0 Å². The van der Waals surface area contributed by atoms with Crippen LogP contribution in [-0.4, -0.2) is 21.7 Å². The molecule has 7 nitrogen and oxygen atoms in total. The molecule has 1 atom stereocenters. The van der Waals surface area contributed by atoms with E-state index in [0.717, 1.165) is 0 Å². The highest BCUT2D eigenvalue weighted by Gasteiger charge is 2.45. The summed E-state index contributed by atoms with van der Waals surface area (Å²) in [5, 5.41) is 21.4. The normalized spacial score (nSPS) is 24.1. The van der Waals surface area contributed by atoms with Crippen LogP contribution in [0.2, 0.25) is 0 Å². The number of ketones is 1. The molecule has 1 saturated carbocycles. The third-order valence-corrected chi connectivity index (χ3v) is 2.82. The average Bonchev–Trinajstić information content (AvgIpc) is 2.62. The molecule has 1 fully saturated rings. The maximum absolute atomic E-state index is 11.6. The molecule has 1 unspecified atom stereocenters. The summed E-state index contributed by atoms with van der Waals surface area (Å²) >= 11 is 0. The Balaban J connectivity index is 2.54. The van der Waals surface area contributed by atoms with E-state index in [9.17, 15) is 25.0 Å². The highest BCUT2D eigenvalue weighted by atomic mass is 16.6. The first kappa shape index (κ1) is 10.5. The number of Topliss-reactive ketones (excluding diaryl/α,β-unsaturated/α-hetero) is 1. The lowest BCUT2D eigenvalue weighted by molar-refractivity contribution is -0.499. The molecule has 0 saturated heterocycles. The second-order valence-corrected chi connectivity index (χ2v) is 3.72. The minimum Gasteiger partial charge on any atom is -0.279 e. The van der Waals surface area contributed by atoms with E-state index in [4.69, 9.17) is 0 Å². The van der Waals surface area contributed by atoms with Gasteiger partial charge in [0.25, 0.3) is 6.04 Å². The Hall–Kier alpha value is -2.05. The lowest BCUT2D eigenvalue weighted by atomic mass is 9.93. The molecule has 0 bridgehead atoms. The van der Waals surface area contributed by atoms with Crippen molar-refractivity contribution in [3.05, 3.63) is 43.1 Å². The van der Waals surface area contributed by atoms with Crippen molar-refractivity contribution in [1.82, 2.24) is 0 Å². The van der Waals surface area contributed by atoms with Gasteiger partial charge >= 0.3 is 11.5 Å². The number of allylic oxidation sites excluding steroid dienone is 2. The summed E-state index contributed by atoms with van der Waals surface area (Å²) < 4.78 is 0. The summed E-state index contributed by atoms with van der Waals surface area (Å²) in [4.78, 5) is 31.4. The second kappa shape index (κ2) is 3.51. The van der Waals surface area contributed by atoms with E-state index in [1.165, 1.54) is 6.08 Å². The maximum Gasteiger partial charge on any atom is 0.323 e. The lowest BCUT2D eigenvalue weighted by Gasteiger charge is -2.11. The summed E-state index contributed by atoms with van der Waals surface area (Å²) in [7, 11) is 0. The molecule has 0 spiro atoms. The SMILES string of the molecule is O=C1C([N+](=O)[O-])=C2CCCC2=CC1[N+](=O)[O-]. The van der Waals surface area contributed by atoms with Crippen molar-refractivity contribution in [3.8, 4) is 0 Å². The number of rotatable bonds is 2. The molecule has 16 heavy (non-hydrogen) atoms. The summed E-state index contributed by atoms with van der Waals surface area (Å²) in [6, 6.07) is -1.59. The molecule has 2 aliphatic carbocycles. The zero-order chi connectivity index (χ0) is 11.9. The summed E-state index contributed by atoms with van der Waals surface area (Å²) in [6.07, 6.45) is 2.98. The van der Waals surface area contributed by atoms with Crippen molar-refractivity contribution in [2.24, 2.45) is 0 Å². The number of carbonyl (C=O) groups is 1. The molecule has 0 aromatic rings. The van der Waals surface area contributed by atoms with Gasteiger partial charge in [-0.05, 0) is 24.8 Å². The van der Waals surface area contributed by atoms with Crippen LogP contribution < -0.4 is 0 Å². The van der Waals surface area contributed by atoms with Crippen LogP contribution in [0.4, 0.5) is 0 Å². The molecule has 0 aliphatic heterocycles. The molecule has 7 heteroatoms.